The highest BCUT2D eigenvalue weighted by molar-refractivity contribution is 7.99. The summed E-state index contributed by atoms with van der Waals surface area (Å²) in [7, 11) is 0. The number of ether oxygens (including phenoxy) is 1. The molecule has 2 saturated heterocycles. The molecule has 6 nitrogen and oxygen atoms in total. The first-order valence-corrected chi connectivity index (χ1v) is 12.6. The number of thioether (sulfide) groups is 1. The normalized spacial score (nSPS) is 20.2. The Morgan fingerprint density at radius 2 is 1.97 bits per heavy atom. The van der Waals surface area contributed by atoms with E-state index in [-0.39, 0.29) is 5.75 Å². The summed E-state index contributed by atoms with van der Waals surface area (Å²) in [6.45, 7) is 8.80. The minimum Gasteiger partial charge on any atom is -0.504 e. The fourth-order valence-corrected chi connectivity index (χ4v) is 5.41. The van der Waals surface area contributed by atoms with Crippen LogP contribution in [0.3, 0.4) is 0 Å². The molecular formula is C24H34N4O2S. The number of aromatic nitrogens is 2. The molecule has 7 heteroatoms. The van der Waals surface area contributed by atoms with Crippen LogP contribution in [0.1, 0.15) is 49.8 Å². The average Bonchev–Trinajstić information content (AvgIpc) is 3.31. The lowest BCUT2D eigenvalue weighted by molar-refractivity contribution is 0.195. The maximum absolute atomic E-state index is 10.6. The minimum atomic E-state index is 0.269. The van der Waals surface area contributed by atoms with Crippen molar-refractivity contribution in [2.24, 2.45) is 0 Å². The van der Waals surface area contributed by atoms with Gasteiger partial charge >= 0.3 is 0 Å². The van der Waals surface area contributed by atoms with E-state index in [0.29, 0.717) is 18.3 Å². The summed E-state index contributed by atoms with van der Waals surface area (Å²) in [5.41, 5.74) is 2.07. The predicted octanol–water partition coefficient (Wildman–Crippen LogP) is 4.15. The Morgan fingerprint density at radius 3 is 2.81 bits per heavy atom. The lowest BCUT2D eigenvalue weighted by Gasteiger charge is -2.32. The molecule has 1 aromatic heterocycles. The topological polar surface area (TPSA) is 61.7 Å². The molecule has 2 fully saturated rings. The Bertz CT molecular complexity index is 844. The molecule has 168 valence electrons. The summed E-state index contributed by atoms with van der Waals surface area (Å²) < 4.78 is 5.54. The molecule has 1 atom stereocenters. The number of para-hydroxylation sites is 1. The molecule has 2 aliphatic heterocycles. The van der Waals surface area contributed by atoms with Crippen LogP contribution in [0.15, 0.2) is 35.6 Å². The summed E-state index contributed by atoms with van der Waals surface area (Å²) >= 11 is 1.77. The summed E-state index contributed by atoms with van der Waals surface area (Å²) in [6, 6.07) is 7.84. The molecule has 0 bridgehead atoms. The van der Waals surface area contributed by atoms with Crippen LogP contribution < -0.4 is 4.74 Å². The third-order valence-electron chi connectivity index (χ3n) is 6.19. The zero-order valence-corrected chi connectivity index (χ0v) is 19.3. The number of hydrogen-bond acceptors (Lipinski definition) is 7. The van der Waals surface area contributed by atoms with Crippen LogP contribution in [-0.4, -0.2) is 70.0 Å². The van der Waals surface area contributed by atoms with Crippen LogP contribution in [0.2, 0.25) is 0 Å². The van der Waals surface area contributed by atoms with Crippen molar-refractivity contribution in [1.29, 1.82) is 0 Å². The van der Waals surface area contributed by atoms with Crippen LogP contribution in [-0.2, 0) is 6.54 Å². The smallest absolute Gasteiger partial charge is 0.187 e. The van der Waals surface area contributed by atoms with Gasteiger partial charge in [0.15, 0.2) is 16.7 Å². The Morgan fingerprint density at radius 1 is 1.13 bits per heavy atom. The first-order chi connectivity index (χ1) is 15.2. The highest BCUT2D eigenvalue weighted by Gasteiger charge is 2.24. The van der Waals surface area contributed by atoms with Gasteiger partial charge in [-0.05, 0) is 64.4 Å². The van der Waals surface area contributed by atoms with Crippen LogP contribution in [0, 0.1) is 0 Å². The average molecular weight is 443 g/mol. The summed E-state index contributed by atoms with van der Waals surface area (Å²) in [5, 5.41) is 11.5. The van der Waals surface area contributed by atoms with E-state index in [1.165, 1.54) is 25.9 Å². The van der Waals surface area contributed by atoms with E-state index in [4.69, 9.17) is 9.72 Å². The van der Waals surface area contributed by atoms with Gasteiger partial charge in [0.2, 0.25) is 0 Å². The summed E-state index contributed by atoms with van der Waals surface area (Å²) in [4.78, 5) is 14.3. The first-order valence-electron chi connectivity index (χ1n) is 11.6. The van der Waals surface area contributed by atoms with Gasteiger partial charge in [-0.25, -0.2) is 9.97 Å². The molecule has 31 heavy (non-hydrogen) atoms. The number of phenols is 1. The van der Waals surface area contributed by atoms with E-state index >= 15 is 0 Å². The van der Waals surface area contributed by atoms with Crippen molar-refractivity contribution >= 4 is 11.8 Å². The van der Waals surface area contributed by atoms with Gasteiger partial charge in [-0.3, -0.25) is 4.90 Å². The minimum absolute atomic E-state index is 0.269. The van der Waals surface area contributed by atoms with Gasteiger partial charge in [0.25, 0.3) is 0 Å². The van der Waals surface area contributed by atoms with Gasteiger partial charge in [-0.1, -0.05) is 23.9 Å². The number of phenolic OH excluding ortho intramolecular Hbond substituents is 1. The van der Waals surface area contributed by atoms with Gasteiger partial charge in [-0.2, -0.15) is 0 Å². The summed E-state index contributed by atoms with van der Waals surface area (Å²) in [5.74, 6) is 2.30. The van der Waals surface area contributed by atoms with Crippen molar-refractivity contribution in [3.63, 3.8) is 0 Å². The van der Waals surface area contributed by atoms with Gasteiger partial charge < -0.3 is 14.7 Å². The number of piperidine rings is 1. The number of rotatable bonds is 9. The molecule has 0 amide bonds. The molecule has 0 spiro atoms. The zero-order valence-electron chi connectivity index (χ0n) is 18.5. The fourth-order valence-electron chi connectivity index (χ4n) is 4.57. The molecule has 1 N–H and O–H groups in total. The van der Waals surface area contributed by atoms with Gasteiger partial charge in [0.1, 0.15) is 0 Å². The van der Waals surface area contributed by atoms with Crippen LogP contribution in [0.25, 0.3) is 0 Å². The summed E-state index contributed by atoms with van der Waals surface area (Å²) in [6.07, 6.45) is 6.87. The predicted molar refractivity (Wildman–Crippen MR) is 125 cm³/mol. The lowest BCUT2D eigenvalue weighted by atomic mass is 9.94. The molecule has 0 saturated carbocycles. The Balaban J connectivity index is 1.34. The van der Waals surface area contributed by atoms with Gasteiger partial charge in [0, 0.05) is 48.8 Å². The monoisotopic (exact) mass is 442 g/mol. The van der Waals surface area contributed by atoms with E-state index < -0.39 is 0 Å². The van der Waals surface area contributed by atoms with E-state index in [1.807, 2.05) is 31.3 Å². The van der Waals surface area contributed by atoms with E-state index in [2.05, 4.69) is 20.9 Å². The molecule has 4 rings (SSSR count). The van der Waals surface area contributed by atoms with Gasteiger partial charge in [0.05, 0.1) is 6.61 Å². The number of aromatic hydroxyl groups is 1. The second-order valence-corrected chi connectivity index (χ2v) is 9.49. The SMILES string of the molecule is CCOc1cccc(CN2CCC[C@@H](c3ccnc(SCCN4CCCC4)n3)C2)c1O. The zero-order chi connectivity index (χ0) is 21.5. The standard InChI is InChI=1S/C24H34N4O2S/c1-2-30-22-9-5-7-20(23(22)29)18-28-14-6-8-19(17-28)21-10-11-25-24(26-21)31-16-15-27-12-3-4-13-27/h5,7,9-11,19,29H,2-4,6,8,12-18H2,1H3/t19-/m1/s1. The second-order valence-electron chi connectivity index (χ2n) is 8.43. The Kier molecular flexibility index (Phi) is 8.05. The van der Waals surface area contributed by atoms with Crippen molar-refractivity contribution in [2.75, 3.05) is 45.1 Å². The lowest BCUT2D eigenvalue weighted by Crippen LogP contribution is -2.34. The molecule has 0 unspecified atom stereocenters. The molecule has 1 aromatic carbocycles. The molecule has 2 aliphatic rings. The van der Waals surface area contributed by atoms with Crippen molar-refractivity contribution in [2.45, 2.75) is 50.2 Å². The molecule has 0 radical (unpaired) electrons. The third-order valence-corrected chi connectivity index (χ3v) is 7.03. The molecule has 2 aromatic rings. The van der Waals surface area contributed by atoms with E-state index in [0.717, 1.165) is 61.2 Å². The number of likely N-dealkylation sites (tertiary alicyclic amines) is 2. The third kappa shape index (κ3) is 6.11. The van der Waals surface area contributed by atoms with E-state index in [9.17, 15) is 5.11 Å². The number of benzene rings is 1. The van der Waals surface area contributed by atoms with Crippen molar-refractivity contribution < 1.29 is 9.84 Å². The fraction of sp³-hybridized carbons (Fsp3) is 0.583. The maximum Gasteiger partial charge on any atom is 0.187 e. The largest absolute Gasteiger partial charge is 0.504 e. The Labute approximate surface area is 190 Å². The maximum atomic E-state index is 10.6. The van der Waals surface area contributed by atoms with Crippen LogP contribution in [0.4, 0.5) is 0 Å². The van der Waals surface area contributed by atoms with Crippen LogP contribution >= 0.6 is 11.8 Å². The van der Waals surface area contributed by atoms with Crippen molar-refractivity contribution in [3.8, 4) is 11.5 Å². The first kappa shape index (κ1) is 22.4. The second kappa shape index (κ2) is 11.2. The van der Waals surface area contributed by atoms with Crippen LogP contribution in [0.5, 0.6) is 11.5 Å². The molecule has 0 aliphatic carbocycles. The van der Waals surface area contributed by atoms with E-state index in [1.54, 1.807) is 11.8 Å². The molecular weight excluding hydrogens is 408 g/mol. The quantitative estimate of drug-likeness (QED) is 0.462. The van der Waals surface area contributed by atoms with Crippen molar-refractivity contribution in [1.82, 2.24) is 19.8 Å². The highest BCUT2D eigenvalue weighted by Crippen LogP contribution is 2.33. The number of nitrogens with zero attached hydrogens (tertiary/aromatic N) is 4. The molecule has 3 heterocycles. The van der Waals surface area contributed by atoms with Crippen molar-refractivity contribution in [3.05, 3.63) is 41.7 Å². The number of hydrogen-bond donors (Lipinski definition) is 1. The van der Waals surface area contributed by atoms with Gasteiger partial charge in [-0.15, -0.1) is 0 Å². The Hall–Kier alpha value is -1.83. The highest BCUT2D eigenvalue weighted by atomic mass is 32.2.